The number of aromatic nitrogens is 9. The first kappa shape index (κ1) is 73.3. The Hall–Kier alpha value is -11.1. The van der Waals surface area contributed by atoms with E-state index in [2.05, 4.69) is 251 Å². The molecule has 0 atom stereocenters. The molecule has 1 aliphatic rings. The molecule has 1 aliphatic heterocycles. The van der Waals surface area contributed by atoms with Crippen LogP contribution in [0.5, 0.6) is 0 Å². The Balaban J connectivity index is 0.000000153. The Labute approximate surface area is 575 Å². The van der Waals surface area contributed by atoms with E-state index >= 15 is 0 Å². The second-order valence-electron chi connectivity index (χ2n) is 23.3. The highest BCUT2D eigenvalue weighted by Gasteiger charge is 2.07. The molecule has 15 aromatic rings. The quantitative estimate of drug-likeness (QED) is 0.177. The van der Waals surface area contributed by atoms with Crippen molar-refractivity contribution in [3.05, 3.63) is 354 Å². The number of benzene rings is 7. The first-order valence-corrected chi connectivity index (χ1v) is 33.6. The van der Waals surface area contributed by atoms with Crippen molar-refractivity contribution < 1.29 is 0 Å². The lowest BCUT2D eigenvalue weighted by molar-refractivity contribution is 0.829. The fourth-order valence-electron chi connectivity index (χ4n) is 10.0. The van der Waals surface area contributed by atoms with Gasteiger partial charge in [0.1, 0.15) is 0 Å². The maximum absolute atomic E-state index is 4.38. The molecular formula is C87H94N10. The number of nitrogens with zero attached hydrogens (tertiary/aromatic N) is 8. The second kappa shape index (κ2) is 41.6. The minimum atomic E-state index is 1.04. The Bertz CT molecular complexity index is 4240. The summed E-state index contributed by atoms with van der Waals surface area (Å²) in [4.78, 5) is 35.7. The van der Waals surface area contributed by atoms with Crippen LogP contribution in [-0.4, -0.2) is 51.4 Å². The SMILES string of the molecule is CCc1cccnc1.CCc1cccnc1.CCc1ccncc1.CCc1cnc[nH]1.Cc1cc2ccccc2cn1.Cc1ccc2c(c1)CCCN2.Cc1ccc2ccccc2c1.Cc1ccc2ccccc2n1.Cc1ccc2ncccc2c1.Cc1cccc2cccnc12. The van der Waals surface area contributed by atoms with Crippen molar-refractivity contribution in [3.8, 4) is 0 Å². The average molecular weight is 1280 g/mol. The van der Waals surface area contributed by atoms with E-state index in [1.165, 1.54) is 106 Å². The molecule has 0 aliphatic carbocycles. The first-order valence-electron chi connectivity index (χ1n) is 33.6. The number of rotatable bonds is 4. The highest BCUT2D eigenvalue weighted by molar-refractivity contribution is 5.84. The summed E-state index contributed by atoms with van der Waals surface area (Å²) in [6, 6.07) is 76.8. The average Bonchev–Trinajstić information content (AvgIpc) is 2.13. The summed E-state index contributed by atoms with van der Waals surface area (Å²) in [6.45, 7) is 22.1. The third kappa shape index (κ3) is 26.3. The molecule has 0 fully saturated rings. The lowest BCUT2D eigenvalue weighted by Gasteiger charge is -2.17. The van der Waals surface area contributed by atoms with E-state index in [0.29, 0.717) is 0 Å². The predicted octanol–water partition coefficient (Wildman–Crippen LogP) is 21.6. The number of nitrogens with one attached hydrogen (secondary N) is 2. The lowest BCUT2D eigenvalue weighted by Crippen LogP contribution is -2.11. The van der Waals surface area contributed by atoms with Crippen LogP contribution in [0.15, 0.2) is 293 Å². The number of fused-ring (bicyclic) bond motifs is 6. The van der Waals surface area contributed by atoms with E-state index in [9.17, 15) is 0 Å². The summed E-state index contributed by atoms with van der Waals surface area (Å²) in [5, 5.41) is 12.1. The Morgan fingerprint density at radius 2 is 0.918 bits per heavy atom. The van der Waals surface area contributed by atoms with E-state index in [0.717, 1.165) is 60.2 Å². The van der Waals surface area contributed by atoms with Crippen molar-refractivity contribution in [2.75, 3.05) is 11.9 Å². The van der Waals surface area contributed by atoms with E-state index in [-0.39, 0.29) is 0 Å². The number of anilines is 1. The molecule has 0 bridgehead atoms. The van der Waals surface area contributed by atoms with Crippen molar-refractivity contribution in [1.29, 1.82) is 0 Å². The van der Waals surface area contributed by atoms with Crippen molar-refractivity contribution in [1.82, 2.24) is 44.9 Å². The summed E-state index contributed by atoms with van der Waals surface area (Å²) in [6.07, 6.45) is 26.9. The topological polar surface area (TPSA) is 131 Å². The summed E-state index contributed by atoms with van der Waals surface area (Å²) in [5.41, 5.74) is 18.6. The van der Waals surface area contributed by atoms with Gasteiger partial charge >= 0.3 is 0 Å². The van der Waals surface area contributed by atoms with Gasteiger partial charge in [0.05, 0.1) is 22.9 Å². The number of hydrogen-bond acceptors (Lipinski definition) is 9. The lowest BCUT2D eigenvalue weighted by atomic mass is 10.0. The highest BCUT2D eigenvalue weighted by atomic mass is 14.9. The van der Waals surface area contributed by atoms with Crippen LogP contribution in [0.3, 0.4) is 0 Å². The van der Waals surface area contributed by atoms with E-state index in [1.807, 2.05) is 142 Å². The maximum atomic E-state index is 4.38. The van der Waals surface area contributed by atoms with Gasteiger partial charge in [-0.1, -0.05) is 196 Å². The zero-order valence-electron chi connectivity index (χ0n) is 58.2. The number of hydrogen-bond donors (Lipinski definition) is 2. The Morgan fingerprint density at radius 3 is 1.54 bits per heavy atom. The van der Waals surface area contributed by atoms with Gasteiger partial charge in [-0.2, -0.15) is 0 Å². The smallest absolute Gasteiger partial charge is 0.0921 e. The number of aromatic amines is 1. The molecule has 0 amide bonds. The maximum Gasteiger partial charge on any atom is 0.0921 e. The third-order valence-electron chi connectivity index (χ3n) is 15.6. The molecule has 0 saturated heterocycles. The summed E-state index contributed by atoms with van der Waals surface area (Å²) in [5.74, 6) is 0. The molecule has 0 radical (unpaired) electrons. The largest absolute Gasteiger partial charge is 0.385 e. The molecule has 10 heteroatoms. The van der Waals surface area contributed by atoms with E-state index in [1.54, 1.807) is 18.7 Å². The number of imidazole rings is 1. The van der Waals surface area contributed by atoms with Crippen LogP contribution in [0.2, 0.25) is 0 Å². The fourth-order valence-corrected chi connectivity index (χ4v) is 10.0. The molecule has 0 saturated carbocycles. The first-order chi connectivity index (χ1) is 47.4. The van der Waals surface area contributed by atoms with Crippen LogP contribution in [0.4, 0.5) is 5.69 Å². The summed E-state index contributed by atoms with van der Waals surface area (Å²) < 4.78 is 0. The van der Waals surface area contributed by atoms with Crippen LogP contribution in [-0.2, 0) is 32.1 Å². The third-order valence-corrected chi connectivity index (χ3v) is 15.6. The van der Waals surface area contributed by atoms with Crippen LogP contribution >= 0.6 is 0 Å². The fraction of sp³-hybridized carbons (Fsp3) is 0.195. The normalized spacial score (nSPS) is 10.5. The van der Waals surface area contributed by atoms with Crippen molar-refractivity contribution in [2.24, 2.45) is 0 Å². The number of para-hydroxylation sites is 2. The molecule has 0 spiro atoms. The van der Waals surface area contributed by atoms with Crippen molar-refractivity contribution >= 4 is 59.9 Å². The van der Waals surface area contributed by atoms with Gasteiger partial charge in [-0.3, -0.25) is 34.9 Å². The molecule has 16 rings (SSSR count). The van der Waals surface area contributed by atoms with Crippen molar-refractivity contribution in [3.63, 3.8) is 0 Å². The number of pyridine rings is 7. The van der Waals surface area contributed by atoms with Crippen LogP contribution in [0.25, 0.3) is 54.3 Å². The van der Waals surface area contributed by atoms with Gasteiger partial charge in [0.2, 0.25) is 0 Å². The van der Waals surface area contributed by atoms with Gasteiger partial charge in [0, 0.05) is 113 Å². The predicted molar refractivity (Wildman–Crippen MR) is 411 cm³/mol. The molecule has 97 heavy (non-hydrogen) atoms. The van der Waals surface area contributed by atoms with Crippen LogP contribution < -0.4 is 5.32 Å². The van der Waals surface area contributed by atoms with Gasteiger partial charge in [0.15, 0.2) is 0 Å². The highest BCUT2D eigenvalue weighted by Crippen LogP contribution is 2.23. The minimum Gasteiger partial charge on any atom is -0.385 e. The molecular weight excluding hydrogens is 1190 g/mol. The molecule has 9 heterocycles. The zero-order valence-corrected chi connectivity index (χ0v) is 58.2. The minimum absolute atomic E-state index is 1.04. The monoisotopic (exact) mass is 1280 g/mol. The molecule has 7 aromatic carbocycles. The molecule has 0 unspecified atom stereocenters. The van der Waals surface area contributed by atoms with Gasteiger partial charge < -0.3 is 10.3 Å². The van der Waals surface area contributed by atoms with Gasteiger partial charge in [-0.15, -0.1) is 0 Å². The Morgan fingerprint density at radius 1 is 0.351 bits per heavy atom. The zero-order chi connectivity index (χ0) is 68.7. The van der Waals surface area contributed by atoms with E-state index < -0.39 is 0 Å². The van der Waals surface area contributed by atoms with Gasteiger partial charge in [-0.25, -0.2) is 4.98 Å². The van der Waals surface area contributed by atoms with E-state index in [4.69, 9.17) is 0 Å². The molecule has 2 N–H and O–H groups in total. The second-order valence-corrected chi connectivity index (χ2v) is 23.3. The Kier molecular flexibility index (Phi) is 31.4. The van der Waals surface area contributed by atoms with Crippen LogP contribution in [0, 0.1) is 41.5 Å². The standard InChI is InChI=1S/C11H10.C10H9N.C10H13N.3C10H9N.3C7H9N.C5H8N2/c1-9-6-7-10-4-2-3-5-11(10)8-9;1-8-4-2-5-9-6-3-7-11-10(8)9;2*1-8-4-5-10-9(7-8)3-2-6-11-10;1-8-6-9-4-2-3-5-10(9)7-11-8;1-8-6-7-9-4-2-3-5-10(9)11-8;1-2-7-3-5-8-6-4-7;2*1-2-7-4-3-5-8-6-7;1-2-5-3-6-4-7-5/h2-8H,1H3;2-7H,1H3;4-5,7,11H,2-3,6H2,1H3;3*2-7H,1H3;3*3-6H,2H2,1H3;3-4H,2H2,1H3,(H,6,7). The van der Waals surface area contributed by atoms with Crippen LogP contribution in [0.1, 0.15) is 95.7 Å². The van der Waals surface area contributed by atoms with Gasteiger partial charge in [-0.05, 0) is 197 Å². The number of aryl methyl sites for hydroxylation is 11. The number of H-pyrrole nitrogens is 1. The van der Waals surface area contributed by atoms with Crippen molar-refractivity contribution in [2.45, 2.75) is 108 Å². The molecule has 8 aromatic heterocycles. The van der Waals surface area contributed by atoms with Gasteiger partial charge in [0.25, 0.3) is 0 Å². The summed E-state index contributed by atoms with van der Waals surface area (Å²) in [7, 11) is 0. The summed E-state index contributed by atoms with van der Waals surface area (Å²) >= 11 is 0. The molecule has 492 valence electrons. The molecule has 10 nitrogen and oxygen atoms in total.